The van der Waals surface area contributed by atoms with Crippen LogP contribution in [0.1, 0.15) is 5.56 Å². The molecule has 0 aliphatic rings. The number of hydrogen-bond acceptors (Lipinski definition) is 6. The molecule has 0 fully saturated rings. The van der Waals surface area contributed by atoms with Crippen molar-refractivity contribution in [3.8, 4) is 11.3 Å². The molecule has 35 heavy (non-hydrogen) atoms. The number of halogens is 1. The second-order valence-corrected chi connectivity index (χ2v) is 8.77. The lowest BCUT2D eigenvalue weighted by molar-refractivity contribution is 0.705. The quantitative estimate of drug-likeness (QED) is 0.338. The molecule has 5 rings (SSSR count). The molecule has 11 heteroatoms. The van der Waals surface area contributed by atoms with Crippen molar-refractivity contribution < 1.29 is 0 Å². The van der Waals surface area contributed by atoms with Crippen molar-refractivity contribution in [3.63, 3.8) is 0 Å². The minimum absolute atomic E-state index is 0. The highest BCUT2D eigenvalue weighted by molar-refractivity contribution is 8.93. The van der Waals surface area contributed by atoms with Crippen molar-refractivity contribution in [1.29, 1.82) is 0 Å². The highest BCUT2D eigenvalue weighted by atomic mass is 79.9. The first-order valence-electron chi connectivity index (χ1n) is 10.7. The molecular formula is C24H24BrN7O2S. The zero-order chi connectivity index (χ0) is 23.8. The Morgan fingerprint density at radius 1 is 0.914 bits per heavy atom. The number of imidazole rings is 1. The van der Waals surface area contributed by atoms with E-state index in [-0.39, 0.29) is 17.0 Å². The molecule has 1 N–H and O–H groups in total. The average molecular weight is 554 g/mol. The molecule has 3 aromatic heterocycles. The van der Waals surface area contributed by atoms with Gasteiger partial charge in [-0.1, -0.05) is 60.7 Å². The van der Waals surface area contributed by atoms with Crippen molar-refractivity contribution in [2.75, 3.05) is 5.43 Å². The molecular weight excluding hydrogens is 530 g/mol. The molecule has 0 amide bonds. The van der Waals surface area contributed by atoms with Crippen LogP contribution in [0.15, 0.2) is 80.7 Å². The normalized spacial score (nSPS) is 11.6. The third-order valence-electron chi connectivity index (χ3n) is 5.78. The summed E-state index contributed by atoms with van der Waals surface area (Å²) in [6.45, 7) is 0.646. The van der Waals surface area contributed by atoms with E-state index in [1.165, 1.54) is 23.0 Å². The highest BCUT2D eigenvalue weighted by Crippen LogP contribution is 2.21. The zero-order valence-electron chi connectivity index (χ0n) is 19.4. The Morgan fingerprint density at radius 2 is 1.57 bits per heavy atom. The topological polar surface area (TPSA) is 91.1 Å². The summed E-state index contributed by atoms with van der Waals surface area (Å²) in [5.74, 6) is 0.370. The van der Waals surface area contributed by atoms with Gasteiger partial charge in [0.1, 0.15) is 0 Å². The zero-order valence-corrected chi connectivity index (χ0v) is 21.9. The number of hydrogen-bond donors (Lipinski definition) is 1. The lowest BCUT2D eigenvalue weighted by atomic mass is 10.1. The van der Waals surface area contributed by atoms with Crippen molar-refractivity contribution in [2.45, 2.75) is 6.54 Å². The Labute approximate surface area is 215 Å². The highest BCUT2D eigenvalue weighted by Gasteiger charge is 2.17. The first kappa shape index (κ1) is 24.4. The summed E-state index contributed by atoms with van der Waals surface area (Å²) in [4.78, 5) is 30.2. The maximum atomic E-state index is 12.7. The predicted molar refractivity (Wildman–Crippen MR) is 144 cm³/mol. The standard InChI is InChI=1S/C24H23N7O2S.BrH/c1-28-19-20(29(2)24(33)30(3)21(19)32)25-22(28)26-27-23-31(14-16-10-6-4-7-11-16)18(15-34-23)17-12-8-5-9-13-17;/h4-13,15H,14H2,1-3H3,(H,25,26);1H/b27-23-;. The Morgan fingerprint density at radius 3 is 2.26 bits per heavy atom. The largest absolute Gasteiger partial charge is 0.332 e. The van der Waals surface area contributed by atoms with Crippen LogP contribution in [-0.2, 0) is 27.7 Å². The van der Waals surface area contributed by atoms with E-state index in [2.05, 4.69) is 49.7 Å². The monoisotopic (exact) mass is 553 g/mol. The number of thiazole rings is 1. The lowest BCUT2D eigenvalue weighted by Gasteiger charge is -2.09. The van der Waals surface area contributed by atoms with Gasteiger partial charge in [-0.25, -0.2) is 10.2 Å². The Hall–Kier alpha value is -3.70. The Bertz CT molecular complexity index is 1680. The summed E-state index contributed by atoms with van der Waals surface area (Å²) in [6, 6.07) is 20.4. The number of rotatable bonds is 5. The van der Waals surface area contributed by atoms with Gasteiger partial charge in [0.15, 0.2) is 11.2 Å². The van der Waals surface area contributed by atoms with Gasteiger partial charge in [-0.2, -0.15) is 4.98 Å². The van der Waals surface area contributed by atoms with E-state index in [0.717, 1.165) is 26.2 Å². The summed E-state index contributed by atoms with van der Waals surface area (Å²) in [7, 11) is 4.77. The van der Waals surface area contributed by atoms with Crippen LogP contribution in [0.25, 0.3) is 22.4 Å². The Balaban J connectivity index is 0.00000289. The SMILES string of the molecule is Br.Cn1c(=O)c2c(nc(N/N=c3\scc(-c4ccccc4)n3Cc3ccccc3)n2C)n(C)c1=O. The van der Waals surface area contributed by atoms with Crippen molar-refractivity contribution in [1.82, 2.24) is 23.3 Å². The number of aromatic nitrogens is 5. The molecule has 0 bridgehead atoms. The number of benzene rings is 2. The third-order valence-corrected chi connectivity index (χ3v) is 6.64. The molecule has 0 atom stereocenters. The van der Waals surface area contributed by atoms with E-state index >= 15 is 0 Å². The van der Waals surface area contributed by atoms with Gasteiger partial charge in [0.25, 0.3) is 5.56 Å². The average Bonchev–Trinajstić information content (AvgIpc) is 3.41. The molecule has 0 saturated heterocycles. The molecule has 0 aliphatic carbocycles. The van der Waals surface area contributed by atoms with Crippen molar-refractivity contribution in [2.24, 2.45) is 26.2 Å². The smallest absolute Gasteiger partial charge is 0.311 e. The van der Waals surface area contributed by atoms with E-state index in [4.69, 9.17) is 0 Å². The molecule has 0 saturated carbocycles. The second-order valence-electron chi connectivity index (χ2n) is 7.94. The van der Waals surface area contributed by atoms with Gasteiger partial charge >= 0.3 is 5.69 Å². The van der Waals surface area contributed by atoms with Gasteiger partial charge in [0.05, 0.1) is 12.2 Å². The number of nitrogens with zero attached hydrogens (tertiary/aromatic N) is 6. The van der Waals surface area contributed by atoms with E-state index in [1.54, 1.807) is 18.7 Å². The Kier molecular flexibility index (Phi) is 6.90. The van der Waals surface area contributed by atoms with E-state index in [9.17, 15) is 9.59 Å². The number of nitrogens with one attached hydrogen (secondary N) is 1. The number of anilines is 1. The van der Waals surface area contributed by atoms with Crippen molar-refractivity contribution in [3.05, 3.63) is 97.2 Å². The number of fused-ring (bicyclic) bond motifs is 1. The predicted octanol–water partition coefficient (Wildman–Crippen LogP) is 3.05. The second kappa shape index (κ2) is 9.88. The first-order valence-corrected chi connectivity index (χ1v) is 11.5. The van der Waals surface area contributed by atoms with Gasteiger partial charge in [-0.3, -0.25) is 13.9 Å². The third kappa shape index (κ3) is 4.40. The fraction of sp³-hybridized carbons (Fsp3) is 0.167. The summed E-state index contributed by atoms with van der Waals surface area (Å²) in [6.07, 6.45) is 0. The number of aryl methyl sites for hydroxylation is 2. The molecule has 3 heterocycles. The van der Waals surface area contributed by atoms with Crippen LogP contribution in [0.4, 0.5) is 5.95 Å². The molecule has 2 aromatic carbocycles. The van der Waals surface area contributed by atoms with E-state index in [1.807, 2.05) is 36.4 Å². The summed E-state index contributed by atoms with van der Waals surface area (Å²) in [5.41, 5.74) is 6.12. The maximum absolute atomic E-state index is 12.7. The fourth-order valence-corrected chi connectivity index (χ4v) is 4.76. The van der Waals surface area contributed by atoms with Gasteiger partial charge in [0.2, 0.25) is 10.7 Å². The van der Waals surface area contributed by atoms with Crippen LogP contribution in [0.5, 0.6) is 0 Å². The van der Waals surface area contributed by atoms with Crippen LogP contribution in [-0.4, -0.2) is 23.3 Å². The van der Waals surface area contributed by atoms with Crippen LogP contribution in [0, 0.1) is 0 Å². The molecule has 0 unspecified atom stereocenters. The van der Waals surface area contributed by atoms with Gasteiger partial charge < -0.3 is 9.13 Å². The molecule has 180 valence electrons. The molecule has 9 nitrogen and oxygen atoms in total. The summed E-state index contributed by atoms with van der Waals surface area (Å²) < 4.78 is 6.19. The van der Waals surface area contributed by atoms with Crippen LogP contribution < -0.4 is 21.5 Å². The maximum Gasteiger partial charge on any atom is 0.332 e. The van der Waals surface area contributed by atoms with Gasteiger partial charge in [-0.05, 0) is 11.1 Å². The van der Waals surface area contributed by atoms with Gasteiger partial charge in [0, 0.05) is 26.5 Å². The summed E-state index contributed by atoms with van der Waals surface area (Å²) in [5, 5.41) is 6.71. The summed E-state index contributed by atoms with van der Waals surface area (Å²) >= 11 is 1.51. The first-order chi connectivity index (χ1) is 16.5. The van der Waals surface area contributed by atoms with Crippen LogP contribution >= 0.6 is 28.3 Å². The minimum Gasteiger partial charge on any atom is -0.311 e. The fourth-order valence-electron chi connectivity index (χ4n) is 3.89. The van der Waals surface area contributed by atoms with Crippen LogP contribution in [0.3, 0.4) is 0 Å². The molecule has 0 spiro atoms. The minimum atomic E-state index is -0.425. The molecule has 0 aliphatic heterocycles. The van der Waals surface area contributed by atoms with E-state index < -0.39 is 11.2 Å². The van der Waals surface area contributed by atoms with E-state index in [0.29, 0.717) is 23.7 Å². The van der Waals surface area contributed by atoms with Gasteiger partial charge in [-0.15, -0.1) is 33.4 Å². The lowest BCUT2D eigenvalue weighted by Crippen LogP contribution is -2.37. The van der Waals surface area contributed by atoms with Crippen LogP contribution in [0.2, 0.25) is 0 Å². The molecule has 0 radical (unpaired) electrons. The molecule has 5 aromatic rings. The van der Waals surface area contributed by atoms with Crippen molar-refractivity contribution >= 4 is 45.4 Å².